The van der Waals surface area contributed by atoms with Crippen LogP contribution in [0.1, 0.15) is 23.1 Å². The number of aliphatic imine (C=N–C) groups is 1. The summed E-state index contributed by atoms with van der Waals surface area (Å²) >= 11 is 0. The van der Waals surface area contributed by atoms with Crippen LogP contribution in [0.4, 0.5) is 24.5 Å². The number of anilines is 1. The molecule has 1 fully saturated rings. The Morgan fingerprint density at radius 1 is 0.909 bits per heavy atom. The Hall–Kier alpha value is -3.81. The first-order chi connectivity index (χ1) is 15.9. The second kappa shape index (κ2) is 6.37. The molecule has 0 aliphatic carbocycles. The smallest absolute Gasteiger partial charge is 0.289 e. The highest BCUT2D eigenvalue weighted by Crippen LogP contribution is 2.67. The lowest BCUT2D eigenvalue weighted by atomic mass is 9.68. The molecule has 3 heterocycles. The van der Waals surface area contributed by atoms with Crippen LogP contribution in [0.3, 0.4) is 0 Å². The number of rotatable bonds is 3. The molecule has 3 aliphatic rings. The number of fused-ring (bicyclic) bond motifs is 5. The van der Waals surface area contributed by atoms with Gasteiger partial charge in [0.15, 0.2) is 5.54 Å². The summed E-state index contributed by atoms with van der Waals surface area (Å²) < 4.78 is 46.9. The van der Waals surface area contributed by atoms with Crippen LogP contribution in [0.15, 0.2) is 83.0 Å². The molecule has 0 unspecified atom stereocenters. The number of para-hydroxylation sites is 1. The van der Waals surface area contributed by atoms with E-state index in [1.165, 1.54) is 36.4 Å². The van der Waals surface area contributed by atoms with Crippen molar-refractivity contribution in [3.05, 3.63) is 100 Å². The number of amides is 1. The predicted molar refractivity (Wildman–Crippen MR) is 116 cm³/mol. The summed E-state index contributed by atoms with van der Waals surface area (Å²) in [5.41, 5.74) is -3.80. The second-order valence-corrected chi connectivity index (χ2v) is 8.44. The minimum absolute atomic E-state index is 0.00693. The average Bonchev–Trinajstić information content (AvgIpc) is 3.42. The lowest BCUT2D eigenvalue weighted by Gasteiger charge is -2.37. The number of alkyl halides is 2. The van der Waals surface area contributed by atoms with Crippen molar-refractivity contribution in [1.82, 2.24) is 0 Å². The number of halogens is 3. The molecule has 1 saturated heterocycles. The van der Waals surface area contributed by atoms with Crippen LogP contribution >= 0.6 is 0 Å². The van der Waals surface area contributed by atoms with E-state index in [1.807, 2.05) is 0 Å². The molecule has 0 N–H and O–H groups in total. The first-order valence-electron chi connectivity index (χ1n) is 10.5. The highest BCUT2D eigenvalue weighted by molar-refractivity contribution is 6.33. The zero-order valence-electron chi connectivity index (χ0n) is 17.1. The topological polar surface area (TPSA) is 62.1 Å². The third-order valence-electron chi connectivity index (χ3n) is 7.07. The molecular weight excluding hydrogens is 431 g/mol. The SMILES string of the molecule is O=Nc1ccccc1[C@@]12CCN=C1[C@@]1(c3ccc(F)cc3)N(C2=O)c2ccccc2C1(F)F. The molecule has 0 spiro atoms. The van der Waals surface area contributed by atoms with Gasteiger partial charge >= 0.3 is 5.92 Å². The van der Waals surface area contributed by atoms with Gasteiger partial charge in [0.05, 0.1) is 11.4 Å². The van der Waals surface area contributed by atoms with Crippen molar-refractivity contribution in [3.63, 3.8) is 0 Å². The van der Waals surface area contributed by atoms with Gasteiger partial charge in [-0.3, -0.25) is 14.7 Å². The molecule has 8 heteroatoms. The van der Waals surface area contributed by atoms with E-state index in [-0.39, 0.29) is 46.7 Å². The van der Waals surface area contributed by atoms with Gasteiger partial charge in [-0.05, 0) is 41.4 Å². The Kier molecular flexibility index (Phi) is 3.83. The van der Waals surface area contributed by atoms with Crippen LogP contribution in [0, 0.1) is 10.7 Å². The quantitative estimate of drug-likeness (QED) is 0.508. The number of benzene rings is 3. The normalized spacial score (nSPS) is 26.6. The van der Waals surface area contributed by atoms with Crippen molar-refractivity contribution in [2.45, 2.75) is 23.3 Å². The first-order valence-corrected chi connectivity index (χ1v) is 10.5. The maximum absolute atomic E-state index is 16.6. The van der Waals surface area contributed by atoms with E-state index >= 15 is 8.78 Å². The zero-order chi connectivity index (χ0) is 23.0. The summed E-state index contributed by atoms with van der Waals surface area (Å²) in [6, 6.07) is 16.9. The lowest BCUT2D eigenvalue weighted by molar-refractivity contribution is -0.122. The highest BCUT2D eigenvalue weighted by atomic mass is 19.3. The van der Waals surface area contributed by atoms with E-state index in [9.17, 15) is 14.1 Å². The molecule has 3 aromatic rings. The van der Waals surface area contributed by atoms with Crippen LogP contribution in [0.2, 0.25) is 0 Å². The minimum Gasteiger partial charge on any atom is -0.289 e. The van der Waals surface area contributed by atoms with Crippen molar-refractivity contribution in [1.29, 1.82) is 0 Å². The van der Waals surface area contributed by atoms with Crippen molar-refractivity contribution < 1.29 is 18.0 Å². The van der Waals surface area contributed by atoms with Crippen molar-refractivity contribution >= 4 is 23.0 Å². The monoisotopic (exact) mass is 447 g/mol. The number of carbonyl (C=O) groups excluding carboxylic acids is 1. The fourth-order valence-corrected chi connectivity index (χ4v) is 5.81. The Balaban J connectivity index is 1.75. The molecule has 6 rings (SSSR count). The number of nitrogens with zero attached hydrogens (tertiary/aromatic N) is 3. The summed E-state index contributed by atoms with van der Waals surface area (Å²) in [6.07, 6.45) is 0.130. The van der Waals surface area contributed by atoms with Crippen LogP contribution in [0.5, 0.6) is 0 Å². The molecule has 0 bridgehead atoms. The molecule has 3 aromatic carbocycles. The molecule has 33 heavy (non-hydrogen) atoms. The van der Waals surface area contributed by atoms with Crippen LogP contribution in [0.25, 0.3) is 0 Å². The summed E-state index contributed by atoms with van der Waals surface area (Å²) in [6.45, 7) is 0.136. The summed E-state index contributed by atoms with van der Waals surface area (Å²) in [5.74, 6) is -4.74. The van der Waals surface area contributed by atoms with Gasteiger partial charge < -0.3 is 0 Å². The molecule has 164 valence electrons. The largest absolute Gasteiger partial charge is 0.307 e. The number of hydrogen-bond donors (Lipinski definition) is 0. The number of hydrogen-bond acceptors (Lipinski definition) is 4. The van der Waals surface area contributed by atoms with Gasteiger partial charge in [0.2, 0.25) is 5.91 Å². The van der Waals surface area contributed by atoms with E-state index < -0.39 is 28.6 Å². The van der Waals surface area contributed by atoms with Gasteiger partial charge in [-0.1, -0.05) is 48.5 Å². The van der Waals surface area contributed by atoms with E-state index in [2.05, 4.69) is 10.2 Å². The zero-order valence-corrected chi connectivity index (χ0v) is 17.1. The molecule has 0 saturated carbocycles. The van der Waals surface area contributed by atoms with E-state index in [0.29, 0.717) is 0 Å². The summed E-state index contributed by atoms with van der Waals surface area (Å²) in [5, 5.41) is 3.07. The summed E-state index contributed by atoms with van der Waals surface area (Å²) in [7, 11) is 0. The lowest BCUT2D eigenvalue weighted by Crippen LogP contribution is -2.53. The third-order valence-corrected chi connectivity index (χ3v) is 7.07. The fraction of sp³-hybridized carbons (Fsp3) is 0.200. The molecule has 2 atom stereocenters. The fourth-order valence-electron chi connectivity index (χ4n) is 5.81. The van der Waals surface area contributed by atoms with Gasteiger partial charge in [-0.25, -0.2) is 4.39 Å². The van der Waals surface area contributed by atoms with Crippen LogP contribution < -0.4 is 4.90 Å². The molecule has 3 aliphatic heterocycles. The van der Waals surface area contributed by atoms with E-state index in [4.69, 9.17) is 0 Å². The third kappa shape index (κ3) is 2.09. The van der Waals surface area contributed by atoms with Gasteiger partial charge in [-0.15, -0.1) is 4.91 Å². The van der Waals surface area contributed by atoms with Crippen molar-refractivity contribution in [2.24, 2.45) is 10.2 Å². The minimum atomic E-state index is -3.56. The van der Waals surface area contributed by atoms with E-state index in [0.717, 1.165) is 17.0 Å². The average molecular weight is 447 g/mol. The van der Waals surface area contributed by atoms with Crippen molar-refractivity contribution in [3.8, 4) is 0 Å². The Morgan fingerprint density at radius 3 is 2.30 bits per heavy atom. The molecule has 0 radical (unpaired) electrons. The van der Waals surface area contributed by atoms with E-state index in [1.54, 1.807) is 24.3 Å². The maximum Gasteiger partial charge on any atom is 0.307 e. The second-order valence-electron chi connectivity index (χ2n) is 8.44. The predicted octanol–water partition coefficient (Wildman–Crippen LogP) is 5.35. The summed E-state index contributed by atoms with van der Waals surface area (Å²) in [4.78, 5) is 31.5. The Morgan fingerprint density at radius 2 is 1.58 bits per heavy atom. The standard InChI is InChI=1S/C25H16F3N3O2/c26-16-11-9-15(10-12-16)24-21-23(13-14-29-21,17-5-1-3-7-19(17)30-33)22(32)31(24)20-8-4-2-6-18(20)25(24,27)28/h1-12H,13-14H2/t23-,24+/m0/s1. The van der Waals surface area contributed by atoms with Gasteiger partial charge in [0.25, 0.3) is 0 Å². The maximum atomic E-state index is 16.6. The Labute approximate surface area is 186 Å². The highest BCUT2D eigenvalue weighted by Gasteiger charge is 2.80. The van der Waals surface area contributed by atoms with Crippen LogP contribution in [-0.2, 0) is 21.7 Å². The molecule has 0 aromatic heterocycles. The molecular formula is C25H16F3N3O2. The van der Waals surface area contributed by atoms with Crippen LogP contribution in [-0.4, -0.2) is 18.2 Å². The molecule has 5 nitrogen and oxygen atoms in total. The van der Waals surface area contributed by atoms with Gasteiger partial charge in [0, 0.05) is 17.7 Å². The Bertz CT molecular complexity index is 1370. The first kappa shape index (κ1) is 19.8. The molecule has 1 amide bonds. The number of nitroso groups, excluding NO2 is 1. The van der Waals surface area contributed by atoms with Crippen molar-refractivity contribution in [2.75, 3.05) is 11.4 Å². The van der Waals surface area contributed by atoms with Gasteiger partial charge in [0.1, 0.15) is 16.9 Å². The number of carbonyl (C=O) groups is 1. The van der Waals surface area contributed by atoms with Gasteiger partial charge in [-0.2, -0.15) is 8.78 Å².